The third kappa shape index (κ3) is 4.11. The van der Waals surface area contributed by atoms with E-state index in [9.17, 15) is 4.79 Å². The van der Waals surface area contributed by atoms with Crippen molar-refractivity contribution >= 4 is 5.91 Å². The van der Waals surface area contributed by atoms with Gasteiger partial charge in [0, 0.05) is 19.6 Å². The Bertz CT molecular complexity index is 588. The third-order valence-electron chi connectivity index (χ3n) is 5.90. The van der Waals surface area contributed by atoms with Crippen LogP contribution in [0.2, 0.25) is 0 Å². The van der Waals surface area contributed by atoms with E-state index in [-0.39, 0.29) is 18.2 Å². The highest BCUT2D eigenvalue weighted by molar-refractivity contribution is 5.79. The van der Waals surface area contributed by atoms with Gasteiger partial charge in [0.15, 0.2) is 6.29 Å². The smallest absolute Gasteiger partial charge is 0.227 e. The average molecular weight is 358 g/mol. The van der Waals surface area contributed by atoms with Gasteiger partial charge >= 0.3 is 0 Å². The molecule has 3 saturated heterocycles. The average Bonchev–Trinajstić information content (AvgIpc) is 3.23. The fourth-order valence-electron chi connectivity index (χ4n) is 4.59. The van der Waals surface area contributed by atoms with E-state index in [2.05, 4.69) is 40.1 Å². The summed E-state index contributed by atoms with van der Waals surface area (Å²) in [4.78, 5) is 17.8. The van der Waals surface area contributed by atoms with E-state index in [1.165, 1.54) is 5.56 Å². The van der Waals surface area contributed by atoms with Crippen molar-refractivity contribution in [2.45, 2.75) is 51.0 Å². The molecule has 0 saturated carbocycles. The summed E-state index contributed by atoms with van der Waals surface area (Å²) in [6, 6.07) is 10.7. The molecule has 0 N–H and O–H groups in total. The van der Waals surface area contributed by atoms with Gasteiger partial charge in [-0.3, -0.25) is 9.69 Å². The van der Waals surface area contributed by atoms with Crippen LogP contribution in [0.15, 0.2) is 30.3 Å². The quantitative estimate of drug-likeness (QED) is 0.830. The zero-order chi connectivity index (χ0) is 17.8. The predicted molar refractivity (Wildman–Crippen MR) is 99.5 cm³/mol. The molecule has 5 nitrogen and oxygen atoms in total. The minimum Gasteiger partial charge on any atom is -0.348 e. The van der Waals surface area contributed by atoms with Gasteiger partial charge in [-0.05, 0) is 44.2 Å². The van der Waals surface area contributed by atoms with Crippen LogP contribution in [0.1, 0.15) is 37.7 Å². The zero-order valence-electron chi connectivity index (χ0n) is 15.5. The lowest BCUT2D eigenvalue weighted by Crippen LogP contribution is -2.54. The van der Waals surface area contributed by atoms with E-state index in [1.54, 1.807) is 0 Å². The molecule has 2 atom stereocenters. The first kappa shape index (κ1) is 18.0. The minimum atomic E-state index is -0.219. The second-order valence-corrected chi connectivity index (χ2v) is 7.76. The molecule has 0 bridgehead atoms. The first-order valence-corrected chi connectivity index (χ1v) is 10.1. The summed E-state index contributed by atoms with van der Waals surface area (Å²) in [6.07, 6.45) is 5.12. The highest BCUT2D eigenvalue weighted by Gasteiger charge is 2.39. The highest BCUT2D eigenvalue weighted by atomic mass is 16.7. The molecule has 142 valence electrons. The molecule has 0 aromatic heterocycles. The van der Waals surface area contributed by atoms with Gasteiger partial charge < -0.3 is 14.4 Å². The molecule has 3 aliphatic heterocycles. The van der Waals surface area contributed by atoms with Gasteiger partial charge in [0.25, 0.3) is 0 Å². The van der Waals surface area contributed by atoms with E-state index in [0.717, 1.165) is 58.3 Å². The molecule has 0 radical (unpaired) electrons. The third-order valence-corrected chi connectivity index (χ3v) is 5.90. The molecule has 0 aliphatic carbocycles. The molecule has 3 aliphatic rings. The van der Waals surface area contributed by atoms with Gasteiger partial charge in [-0.25, -0.2) is 0 Å². The fourth-order valence-corrected chi connectivity index (χ4v) is 4.59. The van der Waals surface area contributed by atoms with Crippen molar-refractivity contribution in [2.24, 2.45) is 5.92 Å². The van der Waals surface area contributed by atoms with Crippen LogP contribution in [-0.2, 0) is 20.8 Å². The Labute approximate surface area is 156 Å². The van der Waals surface area contributed by atoms with E-state index in [4.69, 9.17) is 9.47 Å². The van der Waals surface area contributed by atoms with Crippen molar-refractivity contribution in [1.82, 2.24) is 9.80 Å². The molecule has 4 rings (SSSR count). The number of ether oxygens (including phenoxy) is 2. The molecule has 0 spiro atoms. The molecular formula is C21H30N2O3. The normalized spacial score (nSPS) is 28.4. The van der Waals surface area contributed by atoms with E-state index < -0.39 is 0 Å². The van der Waals surface area contributed by atoms with E-state index in [0.29, 0.717) is 19.1 Å². The Balaban J connectivity index is 1.39. The Hall–Kier alpha value is -1.43. The van der Waals surface area contributed by atoms with Gasteiger partial charge in [0.05, 0.1) is 25.2 Å². The Morgan fingerprint density at radius 3 is 2.62 bits per heavy atom. The highest BCUT2D eigenvalue weighted by Crippen LogP contribution is 2.28. The van der Waals surface area contributed by atoms with E-state index >= 15 is 0 Å². The van der Waals surface area contributed by atoms with Gasteiger partial charge in [-0.15, -0.1) is 0 Å². The summed E-state index contributed by atoms with van der Waals surface area (Å²) in [5, 5.41) is 0. The molecule has 1 amide bonds. The van der Waals surface area contributed by atoms with Gasteiger partial charge in [-0.2, -0.15) is 0 Å². The van der Waals surface area contributed by atoms with Gasteiger partial charge in [0.2, 0.25) is 5.91 Å². The van der Waals surface area contributed by atoms with Crippen LogP contribution in [0.4, 0.5) is 0 Å². The summed E-state index contributed by atoms with van der Waals surface area (Å²) in [7, 11) is 0. The Morgan fingerprint density at radius 2 is 1.81 bits per heavy atom. The number of piperidine rings is 2. The lowest BCUT2D eigenvalue weighted by Gasteiger charge is -2.41. The van der Waals surface area contributed by atoms with Crippen molar-refractivity contribution in [1.29, 1.82) is 0 Å². The fraction of sp³-hybridized carbons (Fsp3) is 0.667. The molecule has 26 heavy (non-hydrogen) atoms. The van der Waals surface area contributed by atoms with Gasteiger partial charge in [-0.1, -0.05) is 30.3 Å². The summed E-state index contributed by atoms with van der Waals surface area (Å²) < 4.78 is 11.5. The summed E-state index contributed by atoms with van der Waals surface area (Å²) in [5.74, 6) is 0.418. The lowest BCUT2D eigenvalue weighted by molar-refractivity contribution is -0.156. The monoisotopic (exact) mass is 358 g/mol. The second kappa shape index (κ2) is 8.51. The standard InChI is InChI=1S/C21H30N2O3/c24-20(23-12-5-4-10-19(23)21-25-13-14-26-21)18-9-6-11-22(16-18)15-17-7-2-1-3-8-17/h1-3,7-8,18-19,21H,4-6,9-16H2. The number of hydrogen-bond donors (Lipinski definition) is 0. The van der Waals surface area contributed by atoms with Crippen molar-refractivity contribution in [3.8, 4) is 0 Å². The molecular weight excluding hydrogens is 328 g/mol. The summed E-state index contributed by atoms with van der Waals surface area (Å²) in [6.45, 7) is 5.03. The number of rotatable bonds is 4. The van der Waals surface area contributed by atoms with Crippen molar-refractivity contribution in [3.05, 3.63) is 35.9 Å². The van der Waals surface area contributed by atoms with Crippen LogP contribution in [-0.4, -0.2) is 60.9 Å². The number of hydrogen-bond acceptors (Lipinski definition) is 4. The number of nitrogens with zero attached hydrogens (tertiary/aromatic N) is 2. The SMILES string of the molecule is O=C(C1CCCN(Cc2ccccc2)C1)N1CCCCC1C1OCCO1. The molecule has 1 aromatic carbocycles. The van der Waals surface area contributed by atoms with Crippen LogP contribution in [0.25, 0.3) is 0 Å². The molecule has 3 heterocycles. The van der Waals surface area contributed by atoms with Gasteiger partial charge in [0.1, 0.15) is 0 Å². The Morgan fingerprint density at radius 1 is 1.00 bits per heavy atom. The maximum absolute atomic E-state index is 13.3. The van der Waals surface area contributed by atoms with Crippen LogP contribution in [0.3, 0.4) is 0 Å². The van der Waals surface area contributed by atoms with Crippen molar-refractivity contribution in [2.75, 3.05) is 32.8 Å². The first-order chi connectivity index (χ1) is 12.8. The number of carbonyl (C=O) groups excluding carboxylic acids is 1. The maximum Gasteiger partial charge on any atom is 0.227 e. The number of likely N-dealkylation sites (tertiary alicyclic amines) is 2. The number of amides is 1. The predicted octanol–water partition coefficient (Wildman–Crippen LogP) is 2.65. The van der Waals surface area contributed by atoms with Crippen molar-refractivity contribution in [3.63, 3.8) is 0 Å². The summed E-state index contributed by atoms with van der Waals surface area (Å²) >= 11 is 0. The Kier molecular flexibility index (Phi) is 5.88. The second-order valence-electron chi connectivity index (χ2n) is 7.76. The zero-order valence-corrected chi connectivity index (χ0v) is 15.5. The molecule has 3 fully saturated rings. The molecule has 1 aromatic rings. The van der Waals surface area contributed by atoms with Crippen LogP contribution in [0, 0.1) is 5.92 Å². The minimum absolute atomic E-state index is 0.100. The van der Waals surface area contributed by atoms with Crippen LogP contribution < -0.4 is 0 Å². The van der Waals surface area contributed by atoms with Crippen molar-refractivity contribution < 1.29 is 14.3 Å². The lowest BCUT2D eigenvalue weighted by atomic mass is 9.93. The molecule has 5 heteroatoms. The largest absolute Gasteiger partial charge is 0.348 e. The van der Waals surface area contributed by atoms with E-state index in [1.807, 2.05) is 0 Å². The van der Waals surface area contributed by atoms with Crippen LogP contribution >= 0.6 is 0 Å². The van der Waals surface area contributed by atoms with Crippen LogP contribution in [0.5, 0.6) is 0 Å². The topological polar surface area (TPSA) is 42.0 Å². The number of benzene rings is 1. The summed E-state index contributed by atoms with van der Waals surface area (Å²) in [5.41, 5.74) is 1.32. The molecule has 2 unspecified atom stereocenters. The number of carbonyl (C=O) groups is 1. The first-order valence-electron chi connectivity index (χ1n) is 10.1. The maximum atomic E-state index is 13.3.